The van der Waals surface area contributed by atoms with E-state index in [9.17, 15) is 4.79 Å². The standard InChI is InChI=1S/C10H13N5O2/c1-3-4-8-9(10(16)17)12-13-15(8)7-5-11-14(2)6-7/h5-6H,3-4H2,1-2H3,(H,16,17). The first-order chi connectivity index (χ1) is 8.13. The SMILES string of the molecule is CCCc1c(C(=O)O)nnn1-c1cnn(C)c1. The van der Waals surface area contributed by atoms with Gasteiger partial charge in [0.25, 0.3) is 0 Å². The zero-order chi connectivity index (χ0) is 12.4. The van der Waals surface area contributed by atoms with Crippen LogP contribution in [0.2, 0.25) is 0 Å². The minimum Gasteiger partial charge on any atom is -0.476 e. The lowest BCUT2D eigenvalue weighted by molar-refractivity contribution is 0.0689. The Bertz CT molecular complexity index is 543. The van der Waals surface area contributed by atoms with Crippen molar-refractivity contribution in [2.24, 2.45) is 7.05 Å². The molecule has 0 aromatic carbocycles. The van der Waals surface area contributed by atoms with Crippen LogP contribution in [0.15, 0.2) is 12.4 Å². The smallest absolute Gasteiger partial charge is 0.358 e. The molecule has 0 aliphatic rings. The molecule has 0 spiro atoms. The number of aromatic nitrogens is 5. The van der Waals surface area contributed by atoms with Gasteiger partial charge in [0.05, 0.1) is 18.1 Å². The lowest BCUT2D eigenvalue weighted by Crippen LogP contribution is -2.06. The van der Waals surface area contributed by atoms with E-state index in [0.29, 0.717) is 12.1 Å². The number of aromatic carboxylic acids is 1. The molecule has 0 radical (unpaired) electrons. The molecule has 0 aliphatic carbocycles. The van der Waals surface area contributed by atoms with Crippen molar-refractivity contribution in [3.8, 4) is 5.69 Å². The van der Waals surface area contributed by atoms with Gasteiger partial charge in [-0.2, -0.15) is 5.10 Å². The van der Waals surface area contributed by atoms with Crippen LogP contribution < -0.4 is 0 Å². The number of nitrogens with zero attached hydrogens (tertiary/aromatic N) is 5. The van der Waals surface area contributed by atoms with Gasteiger partial charge >= 0.3 is 5.97 Å². The summed E-state index contributed by atoms with van der Waals surface area (Å²) in [6.07, 6.45) is 4.83. The van der Waals surface area contributed by atoms with Crippen LogP contribution in [-0.4, -0.2) is 35.9 Å². The second kappa shape index (κ2) is 4.36. The maximum absolute atomic E-state index is 11.0. The molecule has 90 valence electrons. The van der Waals surface area contributed by atoms with Gasteiger partial charge in [-0.1, -0.05) is 18.6 Å². The number of rotatable bonds is 4. The van der Waals surface area contributed by atoms with Gasteiger partial charge in [-0.3, -0.25) is 4.68 Å². The van der Waals surface area contributed by atoms with Crippen molar-refractivity contribution in [3.63, 3.8) is 0 Å². The van der Waals surface area contributed by atoms with E-state index in [0.717, 1.165) is 12.1 Å². The second-order valence-electron chi connectivity index (χ2n) is 3.72. The summed E-state index contributed by atoms with van der Waals surface area (Å²) in [6.45, 7) is 1.98. The molecule has 17 heavy (non-hydrogen) atoms. The van der Waals surface area contributed by atoms with Gasteiger partial charge in [0, 0.05) is 7.05 Å². The van der Waals surface area contributed by atoms with Crippen molar-refractivity contribution >= 4 is 5.97 Å². The van der Waals surface area contributed by atoms with E-state index >= 15 is 0 Å². The van der Waals surface area contributed by atoms with Gasteiger partial charge in [0.1, 0.15) is 5.69 Å². The van der Waals surface area contributed by atoms with E-state index in [2.05, 4.69) is 15.4 Å². The van der Waals surface area contributed by atoms with Crippen LogP contribution in [0.3, 0.4) is 0 Å². The third kappa shape index (κ3) is 2.03. The Kier molecular flexibility index (Phi) is 2.90. The Hall–Kier alpha value is -2.18. The van der Waals surface area contributed by atoms with Crippen LogP contribution in [0, 0.1) is 0 Å². The summed E-state index contributed by atoms with van der Waals surface area (Å²) >= 11 is 0. The number of carboxylic acid groups (broad SMARTS) is 1. The highest BCUT2D eigenvalue weighted by Gasteiger charge is 2.19. The summed E-state index contributed by atoms with van der Waals surface area (Å²) < 4.78 is 3.16. The first-order valence-electron chi connectivity index (χ1n) is 5.30. The van der Waals surface area contributed by atoms with Crippen LogP contribution in [-0.2, 0) is 13.5 Å². The maximum atomic E-state index is 11.0. The minimum atomic E-state index is -1.05. The highest BCUT2D eigenvalue weighted by molar-refractivity contribution is 5.86. The van der Waals surface area contributed by atoms with Gasteiger partial charge < -0.3 is 5.11 Å². The molecule has 7 heteroatoms. The quantitative estimate of drug-likeness (QED) is 0.840. The highest BCUT2D eigenvalue weighted by Crippen LogP contribution is 2.14. The Morgan fingerprint density at radius 2 is 2.29 bits per heavy atom. The van der Waals surface area contributed by atoms with E-state index in [4.69, 9.17) is 5.11 Å². The van der Waals surface area contributed by atoms with Crippen molar-refractivity contribution < 1.29 is 9.90 Å². The fourth-order valence-electron chi connectivity index (χ4n) is 1.65. The van der Waals surface area contributed by atoms with Gasteiger partial charge in [0.2, 0.25) is 0 Å². The number of hydrogen-bond donors (Lipinski definition) is 1. The predicted molar refractivity (Wildman–Crippen MR) is 59.1 cm³/mol. The van der Waals surface area contributed by atoms with E-state index in [-0.39, 0.29) is 5.69 Å². The normalized spacial score (nSPS) is 10.7. The molecule has 1 N–H and O–H groups in total. The number of carboxylic acids is 1. The van der Waals surface area contributed by atoms with Crippen molar-refractivity contribution in [2.75, 3.05) is 0 Å². The molecule has 0 saturated heterocycles. The number of carbonyl (C=O) groups is 1. The van der Waals surface area contributed by atoms with Gasteiger partial charge in [0.15, 0.2) is 5.69 Å². The molecule has 0 aliphatic heterocycles. The van der Waals surface area contributed by atoms with E-state index < -0.39 is 5.97 Å². The Morgan fingerprint density at radius 3 is 2.82 bits per heavy atom. The summed E-state index contributed by atoms with van der Waals surface area (Å²) in [4.78, 5) is 11.0. The molecular formula is C10H13N5O2. The summed E-state index contributed by atoms with van der Waals surface area (Å²) in [7, 11) is 1.79. The van der Waals surface area contributed by atoms with Crippen molar-refractivity contribution in [2.45, 2.75) is 19.8 Å². The van der Waals surface area contributed by atoms with E-state index in [1.54, 1.807) is 24.1 Å². The van der Waals surface area contributed by atoms with Gasteiger partial charge in [-0.25, -0.2) is 9.48 Å². The third-order valence-corrected chi connectivity index (χ3v) is 2.39. The zero-order valence-corrected chi connectivity index (χ0v) is 9.66. The van der Waals surface area contributed by atoms with Crippen molar-refractivity contribution in [1.29, 1.82) is 0 Å². The lowest BCUT2D eigenvalue weighted by Gasteiger charge is -2.02. The summed E-state index contributed by atoms with van der Waals surface area (Å²) in [6, 6.07) is 0. The Morgan fingerprint density at radius 1 is 1.53 bits per heavy atom. The topological polar surface area (TPSA) is 85.8 Å². The van der Waals surface area contributed by atoms with Gasteiger partial charge in [-0.05, 0) is 6.42 Å². The second-order valence-corrected chi connectivity index (χ2v) is 3.72. The third-order valence-electron chi connectivity index (χ3n) is 2.39. The molecule has 0 atom stereocenters. The predicted octanol–water partition coefficient (Wildman–Crippen LogP) is 0.651. The summed E-state index contributed by atoms with van der Waals surface area (Å²) in [5, 5.41) is 20.6. The molecule has 2 aromatic rings. The molecule has 2 aromatic heterocycles. The molecule has 2 heterocycles. The average molecular weight is 235 g/mol. The molecule has 0 fully saturated rings. The molecule has 0 amide bonds. The van der Waals surface area contributed by atoms with E-state index in [1.807, 2.05) is 6.92 Å². The van der Waals surface area contributed by atoms with Crippen LogP contribution >= 0.6 is 0 Å². The van der Waals surface area contributed by atoms with Gasteiger partial charge in [-0.15, -0.1) is 5.10 Å². The average Bonchev–Trinajstić information content (AvgIpc) is 2.85. The van der Waals surface area contributed by atoms with E-state index in [1.165, 1.54) is 4.68 Å². The first kappa shape index (κ1) is 11.3. The number of aryl methyl sites for hydroxylation is 1. The number of hydrogen-bond acceptors (Lipinski definition) is 4. The molecular weight excluding hydrogens is 222 g/mol. The monoisotopic (exact) mass is 235 g/mol. The fraction of sp³-hybridized carbons (Fsp3) is 0.400. The minimum absolute atomic E-state index is 0.00991. The summed E-state index contributed by atoms with van der Waals surface area (Å²) in [5.41, 5.74) is 1.33. The lowest BCUT2D eigenvalue weighted by atomic mass is 10.2. The Labute approximate surface area is 97.7 Å². The highest BCUT2D eigenvalue weighted by atomic mass is 16.4. The van der Waals surface area contributed by atoms with Crippen molar-refractivity contribution in [1.82, 2.24) is 24.8 Å². The summed E-state index contributed by atoms with van der Waals surface area (Å²) in [5.74, 6) is -1.05. The van der Waals surface area contributed by atoms with Crippen LogP contribution in [0.4, 0.5) is 0 Å². The van der Waals surface area contributed by atoms with Crippen LogP contribution in [0.25, 0.3) is 5.69 Å². The van der Waals surface area contributed by atoms with Crippen LogP contribution in [0.1, 0.15) is 29.5 Å². The molecule has 0 bridgehead atoms. The van der Waals surface area contributed by atoms with Crippen LogP contribution in [0.5, 0.6) is 0 Å². The molecule has 0 saturated carbocycles. The molecule has 7 nitrogen and oxygen atoms in total. The molecule has 0 unspecified atom stereocenters. The largest absolute Gasteiger partial charge is 0.476 e. The first-order valence-corrected chi connectivity index (χ1v) is 5.30. The zero-order valence-electron chi connectivity index (χ0n) is 9.66. The molecule has 2 rings (SSSR count). The Balaban J connectivity index is 2.50. The van der Waals surface area contributed by atoms with Crippen molar-refractivity contribution in [3.05, 3.63) is 23.8 Å². The fourth-order valence-corrected chi connectivity index (χ4v) is 1.65. The maximum Gasteiger partial charge on any atom is 0.358 e.